The number of hydrogen-bond donors (Lipinski definition) is 3. The molecule has 1 aliphatic rings. The van der Waals surface area contributed by atoms with Gasteiger partial charge in [-0.15, -0.1) is 0 Å². The summed E-state index contributed by atoms with van der Waals surface area (Å²) in [6.07, 6.45) is -0.445. The Kier molecular flexibility index (Phi) is 5.09. The van der Waals surface area contributed by atoms with Crippen LogP contribution in [0.2, 0.25) is 0 Å². The van der Waals surface area contributed by atoms with E-state index in [0.29, 0.717) is 11.2 Å². The van der Waals surface area contributed by atoms with E-state index in [9.17, 15) is 10.2 Å². The van der Waals surface area contributed by atoms with Gasteiger partial charge >= 0.3 is 0 Å². The number of ether oxygens (including phenoxy) is 3. The molecule has 0 amide bonds. The Balaban J connectivity index is 1.59. The van der Waals surface area contributed by atoms with Crippen LogP contribution in [0.3, 0.4) is 0 Å². The first kappa shape index (κ1) is 18.6. The van der Waals surface area contributed by atoms with Gasteiger partial charge in [0.2, 0.25) is 0 Å². The summed E-state index contributed by atoms with van der Waals surface area (Å²) in [7, 11) is 1.60. The van der Waals surface area contributed by atoms with E-state index in [2.05, 4.69) is 15.0 Å². The molecule has 1 fully saturated rings. The van der Waals surface area contributed by atoms with Gasteiger partial charge in [-0.05, 0) is 17.7 Å². The lowest BCUT2D eigenvalue weighted by Gasteiger charge is -2.22. The van der Waals surface area contributed by atoms with Crippen molar-refractivity contribution in [2.75, 3.05) is 19.5 Å². The van der Waals surface area contributed by atoms with Crippen LogP contribution >= 0.6 is 0 Å². The lowest BCUT2D eigenvalue weighted by molar-refractivity contribution is -0.0761. The fourth-order valence-electron chi connectivity index (χ4n) is 3.24. The molecule has 28 heavy (non-hydrogen) atoms. The first-order chi connectivity index (χ1) is 13.6. The van der Waals surface area contributed by atoms with Crippen molar-refractivity contribution in [1.82, 2.24) is 19.5 Å². The molecule has 0 spiro atoms. The number of methoxy groups -OCH3 is 1. The summed E-state index contributed by atoms with van der Waals surface area (Å²) in [4.78, 5) is 12.4. The van der Waals surface area contributed by atoms with Crippen LogP contribution in [-0.2, 0) is 16.1 Å². The normalized spacial score (nSPS) is 24.7. The zero-order chi connectivity index (χ0) is 19.7. The number of fused-ring (bicyclic) bond motifs is 1. The monoisotopic (exact) mass is 387 g/mol. The first-order valence-corrected chi connectivity index (χ1v) is 8.74. The van der Waals surface area contributed by atoms with E-state index < -0.39 is 24.5 Å². The zero-order valence-electron chi connectivity index (χ0n) is 15.2. The highest BCUT2D eigenvalue weighted by Gasteiger charge is 2.45. The fraction of sp³-hybridized carbons (Fsp3) is 0.389. The molecule has 1 saturated heterocycles. The lowest BCUT2D eigenvalue weighted by Crippen LogP contribution is -2.35. The number of aliphatic hydroxyl groups is 2. The highest BCUT2D eigenvalue weighted by atomic mass is 16.6. The van der Waals surface area contributed by atoms with Crippen molar-refractivity contribution in [2.45, 2.75) is 31.1 Å². The largest absolute Gasteiger partial charge is 0.497 e. The second-order valence-electron chi connectivity index (χ2n) is 6.44. The Hall–Kier alpha value is -2.79. The molecular weight excluding hydrogens is 366 g/mol. The molecule has 1 aromatic carbocycles. The smallest absolute Gasteiger partial charge is 0.167 e. The van der Waals surface area contributed by atoms with Crippen molar-refractivity contribution in [1.29, 1.82) is 0 Å². The minimum absolute atomic E-state index is 0.244. The molecule has 0 bridgehead atoms. The number of benzene rings is 1. The molecule has 4 N–H and O–H groups in total. The Bertz CT molecular complexity index is 947. The molecule has 4 atom stereocenters. The van der Waals surface area contributed by atoms with E-state index in [4.69, 9.17) is 19.9 Å². The van der Waals surface area contributed by atoms with E-state index in [-0.39, 0.29) is 19.0 Å². The summed E-state index contributed by atoms with van der Waals surface area (Å²) in [5.74, 6) is 0.991. The number of hydrogen-bond acceptors (Lipinski definition) is 9. The molecule has 1 aliphatic heterocycles. The quantitative estimate of drug-likeness (QED) is 0.543. The number of aromatic nitrogens is 4. The Morgan fingerprint density at radius 2 is 2.00 bits per heavy atom. The van der Waals surface area contributed by atoms with Crippen molar-refractivity contribution in [3.63, 3.8) is 0 Å². The summed E-state index contributed by atoms with van der Waals surface area (Å²) < 4.78 is 18.6. The molecule has 0 saturated carbocycles. The maximum atomic E-state index is 10.6. The van der Waals surface area contributed by atoms with Crippen LogP contribution in [0.4, 0.5) is 5.82 Å². The average molecular weight is 387 g/mol. The van der Waals surface area contributed by atoms with Gasteiger partial charge in [0.15, 0.2) is 17.7 Å². The zero-order valence-corrected chi connectivity index (χ0v) is 15.2. The van der Waals surface area contributed by atoms with Crippen LogP contribution in [0.15, 0.2) is 36.9 Å². The summed E-state index contributed by atoms with van der Waals surface area (Å²) in [6.45, 7) is -0.0999. The van der Waals surface area contributed by atoms with Gasteiger partial charge in [-0.3, -0.25) is 4.57 Å². The predicted octanol–water partition coefficient (Wildman–Crippen LogP) is 0.253. The number of rotatable bonds is 6. The summed E-state index contributed by atoms with van der Waals surface area (Å²) >= 11 is 0. The summed E-state index contributed by atoms with van der Waals surface area (Å²) in [6, 6.07) is 7.41. The van der Waals surface area contributed by atoms with Crippen molar-refractivity contribution in [2.24, 2.45) is 0 Å². The molecule has 0 aliphatic carbocycles. The van der Waals surface area contributed by atoms with Crippen molar-refractivity contribution >= 4 is 17.0 Å². The molecular formula is C18H21N5O5. The van der Waals surface area contributed by atoms with Gasteiger partial charge in [0.1, 0.15) is 35.9 Å². The van der Waals surface area contributed by atoms with Crippen LogP contribution < -0.4 is 10.5 Å². The average Bonchev–Trinajstić information content (AvgIpc) is 3.28. The van der Waals surface area contributed by atoms with Gasteiger partial charge in [0.25, 0.3) is 0 Å². The minimum Gasteiger partial charge on any atom is -0.497 e. The van der Waals surface area contributed by atoms with Gasteiger partial charge < -0.3 is 30.2 Å². The summed E-state index contributed by atoms with van der Waals surface area (Å²) in [5, 5.41) is 20.1. The maximum absolute atomic E-state index is 10.6. The van der Waals surface area contributed by atoms with Crippen LogP contribution in [0.5, 0.6) is 5.75 Å². The van der Waals surface area contributed by atoms with Crippen LogP contribution in [-0.4, -0.2) is 61.8 Å². The Labute approximate surface area is 160 Å². The van der Waals surface area contributed by atoms with Crippen LogP contribution in [0.25, 0.3) is 11.2 Å². The number of nitrogens with zero attached hydrogens (tertiary/aromatic N) is 4. The van der Waals surface area contributed by atoms with Crippen LogP contribution in [0, 0.1) is 0 Å². The third kappa shape index (κ3) is 3.27. The molecule has 4 rings (SSSR count). The molecule has 148 valence electrons. The highest BCUT2D eigenvalue weighted by molar-refractivity contribution is 5.81. The molecule has 2 aromatic heterocycles. The topological polar surface area (TPSA) is 138 Å². The Morgan fingerprint density at radius 1 is 1.21 bits per heavy atom. The van der Waals surface area contributed by atoms with Crippen molar-refractivity contribution in [3.05, 3.63) is 42.5 Å². The van der Waals surface area contributed by atoms with Gasteiger partial charge in [-0.25, -0.2) is 15.0 Å². The van der Waals surface area contributed by atoms with Gasteiger partial charge in [0.05, 0.1) is 26.7 Å². The second-order valence-corrected chi connectivity index (χ2v) is 6.44. The van der Waals surface area contributed by atoms with Crippen molar-refractivity contribution in [3.8, 4) is 5.75 Å². The van der Waals surface area contributed by atoms with Gasteiger partial charge in [0, 0.05) is 0 Å². The number of nitrogens with two attached hydrogens (primary N) is 1. The Morgan fingerprint density at radius 3 is 2.71 bits per heavy atom. The number of anilines is 1. The number of aliphatic hydroxyl groups excluding tert-OH is 2. The molecule has 10 heteroatoms. The first-order valence-electron chi connectivity index (χ1n) is 8.74. The van der Waals surface area contributed by atoms with Gasteiger partial charge in [-0.2, -0.15) is 0 Å². The lowest BCUT2D eigenvalue weighted by atomic mass is 10.1. The van der Waals surface area contributed by atoms with Crippen LogP contribution in [0.1, 0.15) is 11.8 Å². The van der Waals surface area contributed by atoms with E-state index in [1.807, 2.05) is 24.3 Å². The standard InChI is InChI=1S/C18H21N5O5/c1-26-11-4-2-10(3-5-11)7-27-15-14(25)12(6-24)28-18(15)23-9-22-13-16(19)20-8-21-17(13)23/h2-5,8-9,12,14-15,18,24-25H,6-7H2,1H3,(H2,19,20,21)/t12-,14-,15-,18-/m1/s1. The number of imidazole rings is 1. The minimum atomic E-state index is -1.02. The van der Waals surface area contributed by atoms with Gasteiger partial charge in [-0.1, -0.05) is 12.1 Å². The molecule has 3 aromatic rings. The van der Waals surface area contributed by atoms with E-state index in [1.165, 1.54) is 12.7 Å². The highest BCUT2D eigenvalue weighted by Crippen LogP contribution is 2.34. The number of nitrogen functional groups attached to an aromatic ring is 1. The maximum Gasteiger partial charge on any atom is 0.167 e. The van der Waals surface area contributed by atoms with Crippen molar-refractivity contribution < 1.29 is 24.4 Å². The second kappa shape index (κ2) is 7.68. The van der Waals surface area contributed by atoms with E-state index in [1.54, 1.807) is 11.7 Å². The molecule has 10 nitrogen and oxygen atoms in total. The SMILES string of the molecule is COc1ccc(CO[C@@H]2[C@H](O)[C@@H](CO)O[C@H]2n2cnc3c(N)ncnc32)cc1. The molecule has 0 unspecified atom stereocenters. The molecule has 3 heterocycles. The third-order valence-electron chi connectivity index (χ3n) is 4.76. The fourth-order valence-corrected chi connectivity index (χ4v) is 3.24. The predicted molar refractivity (Wildman–Crippen MR) is 98.3 cm³/mol. The van der Waals surface area contributed by atoms with E-state index in [0.717, 1.165) is 11.3 Å². The third-order valence-corrected chi connectivity index (χ3v) is 4.76. The molecule has 0 radical (unpaired) electrons. The van der Waals surface area contributed by atoms with E-state index >= 15 is 0 Å². The summed E-state index contributed by atoms with van der Waals surface area (Å²) in [5.41, 5.74) is 7.64.